The molecular formula is C35H32Cl2N2O3. The maximum atomic E-state index is 11.4. The quantitative estimate of drug-likeness (QED) is 0.198. The lowest BCUT2D eigenvalue weighted by Gasteiger charge is -2.15. The number of carboxylic acids is 1. The Labute approximate surface area is 255 Å². The third kappa shape index (κ3) is 5.88. The smallest absolute Gasteiger partial charge is 0.317 e. The monoisotopic (exact) mass is 598 g/mol. The Kier molecular flexibility index (Phi) is 8.19. The molecule has 0 bridgehead atoms. The summed E-state index contributed by atoms with van der Waals surface area (Å²) in [4.78, 5) is 22.4. The summed E-state index contributed by atoms with van der Waals surface area (Å²) in [5, 5.41) is 16.8. The molecule has 7 heteroatoms. The van der Waals surface area contributed by atoms with Crippen LogP contribution in [0.1, 0.15) is 29.2 Å². The van der Waals surface area contributed by atoms with Gasteiger partial charge in [-0.15, -0.1) is 0 Å². The van der Waals surface area contributed by atoms with Gasteiger partial charge in [-0.05, 0) is 66.0 Å². The highest BCUT2D eigenvalue weighted by atomic mass is 35.5. The average molecular weight is 600 g/mol. The summed E-state index contributed by atoms with van der Waals surface area (Å²) in [6.07, 6.45) is 3.41. The number of benzene rings is 4. The summed E-state index contributed by atoms with van der Waals surface area (Å²) in [5.41, 5.74) is 10.8. The third-order valence-corrected chi connectivity index (χ3v) is 9.18. The van der Waals surface area contributed by atoms with Gasteiger partial charge in [-0.3, -0.25) is 9.59 Å². The molecule has 0 aromatic heterocycles. The normalized spacial score (nSPS) is 17.2. The molecule has 42 heavy (non-hydrogen) atoms. The summed E-state index contributed by atoms with van der Waals surface area (Å²) < 4.78 is 0. The number of aliphatic carboxylic acids is 1. The second-order valence-electron chi connectivity index (χ2n) is 11.4. The van der Waals surface area contributed by atoms with E-state index in [0.29, 0.717) is 16.6 Å². The number of carboxylic acid groups (broad SMARTS) is 1. The van der Waals surface area contributed by atoms with Crippen LogP contribution in [-0.2, 0) is 35.3 Å². The van der Waals surface area contributed by atoms with Gasteiger partial charge in [0, 0.05) is 34.3 Å². The van der Waals surface area contributed by atoms with Gasteiger partial charge in [0.2, 0.25) is 0 Å². The van der Waals surface area contributed by atoms with E-state index in [1.165, 1.54) is 22.3 Å². The Morgan fingerprint density at radius 1 is 0.667 bits per heavy atom. The molecule has 0 amide bonds. The standard InChI is InChI=1S/C35H32Cl2N2O3/c1-20(40)18-38-27-14-21-8-10-23(12-25(21)16-27)29-4-2-6-31(34(29)36)32-7-3-5-30(35(32)37)24-11-9-22-15-28(17-26(22)13-24)39-19-33(41)42/h2-13,27-28,38-39H,14-19H2,1H3,(H,41,42). The third-order valence-electron chi connectivity index (χ3n) is 8.37. The zero-order valence-electron chi connectivity index (χ0n) is 23.3. The second-order valence-corrected chi connectivity index (χ2v) is 12.1. The van der Waals surface area contributed by atoms with E-state index in [2.05, 4.69) is 47.0 Å². The van der Waals surface area contributed by atoms with Crippen molar-refractivity contribution in [3.8, 4) is 33.4 Å². The first-order valence-corrected chi connectivity index (χ1v) is 15.0. The van der Waals surface area contributed by atoms with E-state index in [4.69, 9.17) is 28.3 Å². The summed E-state index contributed by atoms with van der Waals surface area (Å²) in [5.74, 6) is -0.700. The van der Waals surface area contributed by atoms with Gasteiger partial charge in [0.1, 0.15) is 5.78 Å². The zero-order valence-corrected chi connectivity index (χ0v) is 24.9. The predicted molar refractivity (Wildman–Crippen MR) is 169 cm³/mol. The SMILES string of the molecule is CC(=O)CNC1Cc2ccc(-c3cccc(-c4cccc(-c5ccc6c(c5)CC(NCC(=O)O)C6)c4Cl)c3Cl)cc2C1. The van der Waals surface area contributed by atoms with Crippen molar-refractivity contribution < 1.29 is 14.7 Å². The maximum Gasteiger partial charge on any atom is 0.317 e. The molecule has 0 saturated carbocycles. The number of carbonyl (C=O) groups excluding carboxylic acids is 1. The highest BCUT2D eigenvalue weighted by Crippen LogP contribution is 2.43. The Balaban J connectivity index is 1.27. The molecule has 2 aliphatic rings. The van der Waals surface area contributed by atoms with E-state index >= 15 is 0 Å². The zero-order chi connectivity index (χ0) is 29.4. The van der Waals surface area contributed by atoms with Crippen LogP contribution in [0.4, 0.5) is 0 Å². The summed E-state index contributed by atoms with van der Waals surface area (Å²) >= 11 is 14.2. The number of fused-ring (bicyclic) bond motifs is 2. The molecule has 4 aromatic carbocycles. The number of hydrogen-bond donors (Lipinski definition) is 3. The van der Waals surface area contributed by atoms with E-state index in [-0.39, 0.29) is 24.4 Å². The van der Waals surface area contributed by atoms with Crippen LogP contribution in [0.25, 0.3) is 33.4 Å². The van der Waals surface area contributed by atoms with E-state index in [1.807, 2.05) is 36.4 Å². The lowest BCUT2D eigenvalue weighted by atomic mass is 9.94. The van der Waals surface area contributed by atoms with Crippen molar-refractivity contribution >= 4 is 35.0 Å². The molecule has 4 aromatic rings. The minimum absolute atomic E-state index is 0.0382. The van der Waals surface area contributed by atoms with Gasteiger partial charge >= 0.3 is 5.97 Å². The summed E-state index contributed by atoms with van der Waals surface area (Å²) in [6, 6.07) is 25.4. The molecule has 6 rings (SSSR count). The Bertz CT molecular complexity index is 1580. The van der Waals surface area contributed by atoms with Crippen LogP contribution in [0.3, 0.4) is 0 Å². The topological polar surface area (TPSA) is 78.4 Å². The molecule has 3 N–H and O–H groups in total. The Morgan fingerprint density at radius 3 is 1.55 bits per heavy atom. The van der Waals surface area contributed by atoms with Gasteiger partial charge in [0.25, 0.3) is 0 Å². The number of halogens is 2. The molecule has 0 fully saturated rings. The lowest BCUT2D eigenvalue weighted by Crippen LogP contribution is -2.33. The van der Waals surface area contributed by atoms with E-state index in [1.54, 1.807) is 6.92 Å². The van der Waals surface area contributed by atoms with Gasteiger partial charge in [0.05, 0.1) is 23.1 Å². The largest absolute Gasteiger partial charge is 0.480 e. The first-order chi connectivity index (χ1) is 20.3. The first-order valence-electron chi connectivity index (χ1n) is 14.3. The number of ketones is 1. The van der Waals surface area contributed by atoms with Crippen molar-refractivity contribution in [2.45, 2.75) is 44.7 Å². The summed E-state index contributed by atoms with van der Waals surface area (Å²) in [7, 11) is 0. The summed E-state index contributed by atoms with van der Waals surface area (Å²) in [6.45, 7) is 1.97. The van der Waals surface area contributed by atoms with Crippen LogP contribution >= 0.6 is 23.2 Å². The molecule has 0 heterocycles. The van der Waals surface area contributed by atoms with Crippen LogP contribution in [0.2, 0.25) is 10.0 Å². The van der Waals surface area contributed by atoms with Crippen molar-refractivity contribution in [1.29, 1.82) is 0 Å². The van der Waals surface area contributed by atoms with Crippen LogP contribution in [-0.4, -0.2) is 42.0 Å². The number of hydrogen-bond acceptors (Lipinski definition) is 4. The van der Waals surface area contributed by atoms with Crippen LogP contribution in [0, 0.1) is 0 Å². The van der Waals surface area contributed by atoms with Gasteiger partial charge in [-0.25, -0.2) is 0 Å². The Hall–Kier alpha value is -3.48. The van der Waals surface area contributed by atoms with Crippen molar-refractivity contribution in [1.82, 2.24) is 10.6 Å². The second kappa shape index (κ2) is 12.0. The van der Waals surface area contributed by atoms with Gasteiger partial charge < -0.3 is 15.7 Å². The van der Waals surface area contributed by atoms with Gasteiger partial charge in [-0.1, -0.05) is 96.0 Å². The van der Waals surface area contributed by atoms with Gasteiger partial charge in [-0.2, -0.15) is 0 Å². The number of nitrogens with one attached hydrogen (secondary N) is 2. The average Bonchev–Trinajstić information content (AvgIpc) is 3.58. The molecular weight excluding hydrogens is 567 g/mol. The highest BCUT2D eigenvalue weighted by Gasteiger charge is 2.24. The van der Waals surface area contributed by atoms with Crippen molar-refractivity contribution in [3.05, 3.63) is 105 Å². The lowest BCUT2D eigenvalue weighted by molar-refractivity contribution is -0.136. The first kappa shape index (κ1) is 28.6. The predicted octanol–water partition coefficient (Wildman–Crippen LogP) is 6.78. The molecule has 214 valence electrons. The van der Waals surface area contributed by atoms with Crippen LogP contribution in [0.15, 0.2) is 72.8 Å². The molecule has 2 aliphatic carbocycles. The molecule has 2 atom stereocenters. The van der Waals surface area contributed by atoms with Crippen molar-refractivity contribution in [2.24, 2.45) is 0 Å². The van der Waals surface area contributed by atoms with E-state index in [9.17, 15) is 9.59 Å². The fraction of sp³-hybridized carbons (Fsp3) is 0.257. The number of rotatable bonds is 9. The molecule has 0 spiro atoms. The fourth-order valence-electron chi connectivity index (χ4n) is 6.31. The minimum Gasteiger partial charge on any atom is -0.480 e. The maximum absolute atomic E-state index is 11.4. The molecule has 0 radical (unpaired) electrons. The Morgan fingerprint density at radius 2 is 1.10 bits per heavy atom. The number of Topliss-reactive ketones (excluding diaryl/α,β-unsaturated/α-hetero) is 1. The fourth-order valence-corrected chi connectivity index (χ4v) is 6.98. The van der Waals surface area contributed by atoms with Crippen LogP contribution in [0.5, 0.6) is 0 Å². The highest BCUT2D eigenvalue weighted by molar-refractivity contribution is 6.39. The molecule has 0 aliphatic heterocycles. The van der Waals surface area contributed by atoms with Crippen LogP contribution < -0.4 is 10.6 Å². The number of carbonyl (C=O) groups is 2. The minimum atomic E-state index is -0.846. The van der Waals surface area contributed by atoms with E-state index in [0.717, 1.165) is 59.1 Å². The van der Waals surface area contributed by atoms with E-state index < -0.39 is 5.97 Å². The molecule has 0 saturated heterocycles. The molecule has 2 unspecified atom stereocenters. The van der Waals surface area contributed by atoms with Crippen molar-refractivity contribution in [3.63, 3.8) is 0 Å². The van der Waals surface area contributed by atoms with Crippen molar-refractivity contribution in [2.75, 3.05) is 13.1 Å². The van der Waals surface area contributed by atoms with Gasteiger partial charge in [0.15, 0.2) is 0 Å². The molecule has 5 nitrogen and oxygen atoms in total.